The van der Waals surface area contributed by atoms with E-state index in [2.05, 4.69) is 16.3 Å². The lowest BCUT2D eigenvalue weighted by Gasteiger charge is -2.19. The van der Waals surface area contributed by atoms with Gasteiger partial charge in [0.1, 0.15) is 0 Å². The van der Waals surface area contributed by atoms with Crippen molar-refractivity contribution in [1.29, 1.82) is 0 Å². The smallest absolute Gasteiger partial charge is 0.0577 e. The molecule has 1 heterocycles. The highest BCUT2D eigenvalue weighted by Crippen LogP contribution is 2.20. The Bertz CT molecular complexity index is 466. The van der Waals surface area contributed by atoms with Gasteiger partial charge >= 0.3 is 0 Å². The topological polar surface area (TPSA) is 51.8 Å². The molecule has 2 rings (SSSR count). The van der Waals surface area contributed by atoms with E-state index in [0.717, 1.165) is 17.2 Å². The molecular formula is C12H15N3. The summed E-state index contributed by atoms with van der Waals surface area (Å²) in [6, 6.07) is 6.17. The van der Waals surface area contributed by atoms with Crippen molar-refractivity contribution in [3.8, 4) is 0 Å². The summed E-state index contributed by atoms with van der Waals surface area (Å²) in [6.07, 6.45) is 4.43. The van der Waals surface area contributed by atoms with E-state index in [9.17, 15) is 0 Å². The van der Waals surface area contributed by atoms with Gasteiger partial charge < -0.3 is 5.73 Å². The molecule has 15 heavy (non-hydrogen) atoms. The van der Waals surface area contributed by atoms with Gasteiger partial charge in [0.2, 0.25) is 0 Å². The second-order valence-electron chi connectivity index (χ2n) is 4.57. The van der Waals surface area contributed by atoms with Gasteiger partial charge in [0.25, 0.3) is 0 Å². The quantitative estimate of drug-likeness (QED) is 0.807. The fourth-order valence-corrected chi connectivity index (χ4v) is 1.73. The summed E-state index contributed by atoms with van der Waals surface area (Å²) in [5, 5.41) is 10.0. The van der Waals surface area contributed by atoms with Crippen molar-refractivity contribution in [2.45, 2.75) is 25.8 Å². The molecule has 1 aromatic carbocycles. The molecule has 0 aliphatic heterocycles. The Morgan fingerprint density at radius 2 is 1.93 bits per heavy atom. The Morgan fingerprint density at radius 1 is 1.20 bits per heavy atom. The molecule has 0 atom stereocenters. The first-order chi connectivity index (χ1) is 7.06. The highest BCUT2D eigenvalue weighted by molar-refractivity contribution is 5.84. The second-order valence-corrected chi connectivity index (χ2v) is 4.57. The second kappa shape index (κ2) is 3.59. The third-order valence-electron chi connectivity index (χ3n) is 2.33. The van der Waals surface area contributed by atoms with Crippen LogP contribution in [0, 0.1) is 0 Å². The van der Waals surface area contributed by atoms with Crippen molar-refractivity contribution in [2.24, 2.45) is 5.73 Å². The summed E-state index contributed by atoms with van der Waals surface area (Å²) < 4.78 is 0. The fourth-order valence-electron chi connectivity index (χ4n) is 1.73. The number of hydrogen-bond donors (Lipinski definition) is 1. The van der Waals surface area contributed by atoms with E-state index in [1.165, 1.54) is 5.56 Å². The van der Waals surface area contributed by atoms with Crippen molar-refractivity contribution >= 4 is 10.8 Å². The van der Waals surface area contributed by atoms with Crippen LogP contribution < -0.4 is 5.73 Å². The molecule has 1 aromatic heterocycles. The van der Waals surface area contributed by atoms with Gasteiger partial charge in [-0.3, -0.25) is 0 Å². The monoisotopic (exact) mass is 201 g/mol. The molecule has 0 fully saturated rings. The number of hydrogen-bond acceptors (Lipinski definition) is 3. The Hall–Kier alpha value is -1.48. The lowest BCUT2D eigenvalue weighted by molar-refractivity contribution is 0.518. The molecular weight excluding hydrogens is 186 g/mol. The number of fused-ring (bicyclic) bond motifs is 1. The van der Waals surface area contributed by atoms with E-state index >= 15 is 0 Å². The van der Waals surface area contributed by atoms with Crippen LogP contribution >= 0.6 is 0 Å². The maximum Gasteiger partial charge on any atom is 0.0577 e. The Morgan fingerprint density at radius 3 is 2.67 bits per heavy atom. The summed E-state index contributed by atoms with van der Waals surface area (Å²) >= 11 is 0. The van der Waals surface area contributed by atoms with Gasteiger partial charge in [0.15, 0.2) is 0 Å². The van der Waals surface area contributed by atoms with Gasteiger partial charge in [-0.2, -0.15) is 10.2 Å². The molecule has 0 saturated heterocycles. The van der Waals surface area contributed by atoms with Crippen LogP contribution in [0.2, 0.25) is 0 Å². The van der Waals surface area contributed by atoms with E-state index in [1.54, 1.807) is 12.4 Å². The summed E-state index contributed by atoms with van der Waals surface area (Å²) in [4.78, 5) is 0. The molecule has 3 nitrogen and oxygen atoms in total. The number of nitrogens with zero attached hydrogens (tertiary/aromatic N) is 2. The minimum absolute atomic E-state index is 0.197. The van der Waals surface area contributed by atoms with Gasteiger partial charge in [-0.05, 0) is 25.8 Å². The molecule has 0 unspecified atom stereocenters. The Labute approximate surface area is 89.3 Å². The van der Waals surface area contributed by atoms with Crippen LogP contribution in [0.3, 0.4) is 0 Å². The lowest BCUT2D eigenvalue weighted by Crippen LogP contribution is -2.34. The normalized spacial score (nSPS) is 11.9. The zero-order chi connectivity index (χ0) is 10.9. The lowest BCUT2D eigenvalue weighted by atomic mass is 9.93. The molecule has 3 heteroatoms. The Balaban J connectivity index is 2.52. The number of nitrogens with two attached hydrogens (primary N) is 1. The maximum absolute atomic E-state index is 6.02. The average molecular weight is 201 g/mol. The molecule has 0 bridgehead atoms. The molecule has 0 saturated carbocycles. The van der Waals surface area contributed by atoms with E-state index in [-0.39, 0.29) is 5.54 Å². The summed E-state index contributed by atoms with van der Waals surface area (Å²) in [7, 11) is 0. The average Bonchev–Trinajstić information content (AvgIpc) is 2.16. The maximum atomic E-state index is 6.02. The van der Waals surface area contributed by atoms with Crippen molar-refractivity contribution in [3.63, 3.8) is 0 Å². The fraction of sp³-hybridized carbons (Fsp3) is 0.333. The largest absolute Gasteiger partial charge is 0.325 e. The van der Waals surface area contributed by atoms with Crippen LogP contribution in [-0.2, 0) is 6.42 Å². The van der Waals surface area contributed by atoms with Crippen LogP contribution in [0.15, 0.2) is 30.6 Å². The minimum atomic E-state index is -0.197. The molecule has 0 aliphatic carbocycles. The van der Waals surface area contributed by atoms with Crippen molar-refractivity contribution in [1.82, 2.24) is 10.2 Å². The third-order valence-corrected chi connectivity index (χ3v) is 2.33. The Kier molecular flexibility index (Phi) is 2.40. The molecule has 2 aromatic rings. The zero-order valence-electron chi connectivity index (χ0n) is 9.07. The predicted molar refractivity (Wildman–Crippen MR) is 61.5 cm³/mol. The van der Waals surface area contributed by atoms with E-state index in [0.29, 0.717) is 0 Å². The van der Waals surface area contributed by atoms with Crippen LogP contribution in [0.5, 0.6) is 0 Å². The van der Waals surface area contributed by atoms with Crippen LogP contribution in [-0.4, -0.2) is 15.7 Å². The summed E-state index contributed by atoms with van der Waals surface area (Å²) in [5.74, 6) is 0. The number of rotatable bonds is 2. The van der Waals surface area contributed by atoms with Crippen LogP contribution in [0.1, 0.15) is 19.4 Å². The van der Waals surface area contributed by atoms with Gasteiger partial charge in [0.05, 0.1) is 12.4 Å². The summed E-state index contributed by atoms with van der Waals surface area (Å²) in [5.41, 5.74) is 7.06. The first-order valence-corrected chi connectivity index (χ1v) is 5.03. The number of benzene rings is 1. The first kappa shape index (κ1) is 10.1. The molecule has 0 amide bonds. The van der Waals surface area contributed by atoms with Gasteiger partial charge in [-0.1, -0.05) is 18.2 Å². The van der Waals surface area contributed by atoms with Crippen LogP contribution in [0.4, 0.5) is 0 Å². The van der Waals surface area contributed by atoms with Gasteiger partial charge in [0, 0.05) is 16.3 Å². The van der Waals surface area contributed by atoms with E-state index < -0.39 is 0 Å². The third kappa shape index (κ3) is 2.30. The first-order valence-electron chi connectivity index (χ1n) is 5.03. The molecule has 0 aliphatic rings. The van der Waals surface area contributed by atoms with Crippen molar-refractivity contribution < 1.29 is 0 Å². The van der Waals surface area contributed by atoms with Crippen molar-refractivity contribution in [2.75, 3.05) is 0 Å². The van der Waals surface area contributed by atoms with Gasteiger partial charge in [-0.25, -0.2) is 0 Å². The predicted octanol–water partition coefficient (Wildman–Crippen LogP) is 1.91. The standard InChI is InChI=1S/C12H15N3/c1-12(2,13)6-9-4-3-5-10-7-14-15-8-11(9)10/h3-5,7-8H,6,13H2,1-2H3. The molecule has 78 valence electrons. The van der Waals surface area contributed by atoms with E-state index in [1.807, 2.05) is 26.0 Å². The highest BCUT2D eigenvalue weighted by Gasteiger charge is 2.13. The zero-order valence-corrected chi connectivity index (χ0v) is 9.07. The van der Waals surface area contributed by atoms with Crippen molar-refractivity contribution in [3.05, 3.63) is 36.2 Å². The molecule has 0 spiro atoms. The highest BCUT2D eigenvalue weighted by atomic mass is 15.1. The molecule has 0 radical (unpaired) electrons. The SMILES string of the molecule is CC(C)(N)Cc1cccc2cnncc12. The van der Waals surface area contributed by atoms with Gasteiger partial charge in [-0.15, -0.1) is 0 Å². The summed E-state index contributed by atoms with van der Waals surface area (Å²) in [6.45, 7) is 4.06. The van der Waals surface area contributed by atoms with E-state index in [4.69, 9.17) is 5.73 Å². The van der Waals surface area contributed by atoms with Crippen LogP contribution in [0.25, 0.3) is 10.8 Å². The molecule has 2 N–H and O–H groups in total. The number of aromatic nitrogens is 2. The minimum Gasteiger partial charge on any atom is -0.325 e.